The lowest BCUT2D eigenvalue weighted by Crippen LogP contribution is -1.89. The summed E-state index contributed by atoms with van der Waals surface area (Å²) in [5, 5.41) is 5.07. The second-order valence-corrected chi connectivity index (χ2v) is 8.59. The summed E-state index contributed by atoms with van der Waals surface area (Å²) in [6.45, 7) is 7.41. The Morgan fingerprint density at radius 2 is 1.37 bits per heavy atom. The van der Waals surface area contributed by atoms with Gasteiger partial charge in [-0.25, -0.2) is 4.85 Å². The molecule has 3 aromatic carbocycles. The molecule has 2 nitrogen and oxygen atoms in total. The first-order valence-corrected chi connectivity index (χ1v) is 10.3. The third kappa shape index (κ3) is 1.98. The van der Waals surface area contributed by atoms with Crippen LogP contribution < -0.4 is 0 Å². The van der Waals surface area contributed by atoms with Gasteiger partial charge in [-0.05, 0) is 29.7 Å². The number of hydrogen-bond donors (Lipinski definition) is 0. The Hall–Kier alpha value is -3.13. The zero-order valence-electron chi connectivity index (χ0n) is 14.1. The van der Waals surface area contributed by atoms with E-state index in [1.54, 1.807) is 0 Å². The van der Waals surface area contributed by atoms with Crippen molar-refractivity contribution in [2.24, 2.45) is 0 Å². The van der Waals surface area contributed by atoms with E-state index in [9.17, 15) is 0 Å². The van der Waals surface area contributed by atoms with Crippen LogP contribution in [0.3, 0.4) is 0 Å². The molecule has 126 valence electrons. The minimum atomic E-state index is 0.697. The Balaban J connectivity index is 1.92. The van der Waals surface area contributed by atoms with Crippen LogP contribution in [-0.4, -0.2) is 4.57 Å². The van der Waals surface area contributed by atoms with Gasteiger partial charge in [0.25, 0.3) is 0 Å². The molecule has 0 unspecified atom stereocenters. The summed E-state index contributed by atoms with van der Waals surface area (Å²) in [5.41, 5.74) is 1.88. The molecule has 0 aliphatic rings. The number of para-hydroxylation sites is 1. The molecule has 6 aromatic rings. The average molecular weight is 380 g/mol. The molecule has 6 rings (SSSR count). The largest absolute Gasteiger partial charge is 0.292 e. The van der Waals surface area contributed by atoms with Gasteiger partial charge in [-0.1, -0.05) is 48.5 Å². The molecule has 0 radical (unpaired) electrons. The molecule has 4 heteroatoms. The van der Waals surface area contributed by atoms with Gasteiger partial charge in [-0.15, -0.1) is 22.7 Å². The van der Waals surface area contributed by atoms with Crippen LogP contribution in [0.15, 0.2) is 72.8 Å². The highest BCUT2D eigenvalue weighted by Gasteiger charge is 2.21. The van der Waals surface area contributed by atoms with Crippen LogP contribution in [0.2, 0.25) is 0 Å². The van der Waals surface area contributed by atoms with Gasteiger partial charge < -0.3 is 0 Å². The van der Waals surface area contributed by atoms with Gasteiger partial charge in [0.05, 0.1) is 6.57 Å². The molecule has 3 aromatic heterocycles. The summed E-state index contributed by atoms with van der Waals surface area (Å²) < 4.78 is 4.92. The standard InChI is InChI=1S/C23H12N2S2/c1-24-14-11-12-19-17(13-14)21-20-16-9-5-6-10-18(16)26-22(20)25(23(21)27-19)15-7-3-2-4-8-15/h2-13H. The van der Waals surface area contributed by atoms with Gasteiger partial charge in [-0.2, -0.15) is 0 Å². The summed E-state index contributed by atoms with van der Waals surface area (Å²) in [6.07, 6.45) is 0. The van der Waals surface area contributed by atoms with E-state index in [0.717, 1.165) is 0 Å². The highest BCUT2D eigenvalue weighted by molar-refractivity contribution is 7.28. The molecule has 0 fully saturated rings. The molecule has 0 saturated heterocycles. The van der Waals surface area contributed by atoms with Gasteiger partial charge in [-0.3, -0.25) is 4.57 Å². The smallest absolute Gasteiger partial charge is 0.187 e. The predicted octanol–water partition coefficient (Wildman–Crippen LogP) is 7.76. The van der Waals surface area contributed by atoms with Crippen molar-refractivity contribution in [2.75, 3.05) is 0 Å². The van der Waals surface area contributed by atoms with Crippen molar-refractivity contribution in [1.29, 1.82) is 0 Å². The quantitative estimate of drug-likeness (QED) is 0.258. The lowest BCUT2D eigenvalue weighted by atomic mass is 10.1. The van der Waals surface area contributed by atoms with Gasteiger partial charge in [0, 0.05) is 31.2 Å². The third-order valence-corrected chi connectivity index (χ3v) is 7.34. The number of rotatable bonds is 1. The van der Waals surface area contributed by atoms with Crippen LogP contribution in [0.4, 0.5) is 5.69 Å². The highest BCUT2D eigenvalue weighted by atomic mass is 32.1. The molecular formula is C23H12N2S2. The molecule has 0 aliphatic carbocycles. The molecule has 0 aliphatic heterocycles. The Bertz CT molecular complexity index is 1530. The third-order valence-electron chi connectivity index (χ3n) is 5.03. The predicted molar refractivity (Wildman–Crippen MR) is 118 cm³/mol. The van der Waals surface area contributed by atoms with Crippen LogP contribution in [0.1, 0.15) is 0 Å². The zero-order valence-corrected chi connectivity index (χ0v) is 15.8. The van der Waals surface area contributed by atoms with Gasteiger partial charge >= 0.3 is 0 Å². The fraction of sp³-hybridized carbons (Fsp3) is 0. The normalized spacial score (nSPS) is 11.7. The maximum atomic E-state index is 7.41. The lowest BCUT2D eigenvalue weighted by Gasteiger charge is -2.04. The Morgan fingerprint density at radius 1 is 0.704 bits per heavy atom. The van der Waals surface area contributed by atoms with Crippen molar-refractivity contribution in [3.8, 4) is 5.69 Å². The number of fused-ring (bicyclic) bond motifs is 7. The van der Waals surface area contributed by atoms with Gasteiger partial charge in [0.1, 0.15) is 9.66 Å². The number of thiophene rings is 2. The monoisotopic (exact) mass is 380 g/mol. The SMILES string of the molecule is [C-]#[N+]c1ccc2sc3c(c2c1)c1c2ccccc2sc1n3-c1ccccc1. The number of aromatic nitrogens is 1. The summed E-state index contributed by atoms with van der Waals surface area (Å²) in [5.74, 6) is 0. The van der Waals surface area contributed by atoms with E-state index < -0.39 is 0 Å². The molecular weight excluding hydrogens is 368 g/mol. The van der Waals surface area contributed by atoms with E-state index in [2.05, 4.69) is 70.1 Å². The van der Waals surface area contributed by atoms with E-state index in [1.165, 1.54) is 46.3 Å². The minimum absolute atomic E-state index is 0.697. The summed E-state index contributed by atoms with van der Waals surface area (Å²) in [6, 6.07) is 25.2. The van der Waals surface area contributed by atoms with Gasteiger partial charge in [0.2, 0.25) is 0 Å². The van der Waals surface area contributed by atoms with E-state index in [0.29, 0.717) is 5.69 Å². The van der Waals surface area contributed by atoms with Crippen LogP contribution >= 0.6 is 22.7 Å². The highest BCUT2D eigenvalue weighted by Crippen LogP contribution is 2.48. The topological polar surface area (TPSA) is 9.29 Å². The van der Waals surface area contributed by atoms with Crippen molar-refractivity contribution < 1.29 is 0 Å². The van der Waals surface area contributed by atoms with Crippen molar-refractivity contribution in [1.82, 2.24) is 4.57 Å². The van der Waals surface area contributed by atoms with E-state index in [1.807, 2.05) is 34.8 Å². The maximum Gasteiger partial charge on any atom is 0.187 e. The molecule has 27 heavy (non-hydrogen) atoms. The van der Waals surface area contributed by atoms with Crippen LogP contribution in [0.25, 0.3) is 51.1 Å². The average Bonchev–Trinajstić information content (AvgIpc) is 3.34. The zero-order chi connectivity index (χ0) is 18.0. The molecule has 0 saturated carbocycles. The van der Waals surface area contributed by atoms with Crippen LogP contribution in [0.5, 0.6) is 0 Å². The first-order valence-electron chi connectivity index (χ1n) is 8.66. The van der Waals surface area contributed by atoms with Crippen LogP contribution in [0, 0.1) is 6.57 Å². The number of hydrogen-bond acceptors (Lipinski definition) is 2. The van der Waals surface area contributed by atoms with Crippen molar-refractivity contribution in [3.05, 3.63) is 84.2 Å². The molecule has 0 amide bonds. The Labute approximate surface area is 163 Å². The second kappa shape index (κ2) is 5.43. The van der Waals surface area contributed by atoms with E-state index in [4.69, 9.17) is 6.57 Å². The number of nitrogens with zero attached hydrogens (tertiary/aromatic N) is 2. The second-order valence-electron chi connectivity index (χ2n) is 6.52. The van der Waals surface area contributed by atoms with Crippen molar-refractivity contribution in [3.63, 3.8) is 0 Å². The van der Waals surface area contributed by atoms with Gasteiger partial charge in [0.15, 0.2) is 5.69 Å². The Morgan fingerprint density at radius 3 is 2.15 bits per heavy atom. The van der Waals surface area contributed by atoms with Crippen molar-refractivity contribution >= 4 is 69.0 Å². The Kier molecular flexibility index (Phi) is 3.01. The molecule has 0 N–H and O–H groups in total. The number of benzene rings is 3. The van der Waals surface area contributed by atoms with E-state index >= 15 is 0 Å². The molecule has 3 heterocycles. The van der Waals surface area contributed by atoms with E-state index in [-0.39, 0.29) is 0 Å². The fourth-order valence-corrected chi connectivity index (χ4v) is 6.39. The summed E-state index contributed by atoms with van der Waals surface area (Å²) in [4.78, 5) is 6.18. The lowest BCUT2D eigenvalue weighted by molar-refractivity contribution is 1.21. The van der Waals surface area contributed by atoms with Crippen molar-refractivity contribution in [2.45, 2.75) is 0 Å². The molecule has 0 atom stereocenters. The summed E-state index contributed by atoms with van der Waals surface area (Å²) >= 11 is 3.65. The first-order chi connectivity index (χ1) is 13.3. The summed E-state index contributed by atoms with van der Waals surface area (Å²) in [7, 11) is 0. The molecule has 0 bridgehead atoms. The minimum Gasteiger partial charge on any atom is -0.292 e. The van der Waals surface area contributed by atoms with Crippen LogP contribution in [-0.2, 0) is 0 Å². The fourth-order valence-electron chi connectivity index (χ4n) is 3.88. The first kappa shape index (κ1) is 15.0. The maximum absolute atomic E-state index is 7.41. The molecule has 0 spiro atoms.